The number of anilines is 2. The summed E-state index contributed by atoms with van der Waals surface area (Å²) in [6.45, 7) is 0.449. The average Bonchev–Trinajstić information content (AvgIpc) is 2.20. The molecule has 86 valence electrons. The van der Waals surface area contributed by atoms with Crippen molar-refractivity contribution in [3.8, 4) is 12.3 Å². The molecule has 0 amide bonds. The first-order chi connectivity index (χ1) is 7.65. The molecule has 1 aromatic carbocycles. The van der Waals surface area contributed by atoms with E-state index in [4.69, 9.17) is 12.2 Å². The highest BCUT2D eigenvalue weighted by Crippen LogP contribution is 2.21. The molecule has 0 aliphatic rings. The van der Waals surface area contributed by atoms with Gasteiger partial charge >= 0.3 is 0 Å². The highest BCUT2D eigenvalue weighted by Gasteiger charge is 2.09. The molecule has 0 saturated heterocycles. The second-order valence-electron chi connectivity index (χ2n) is 3.04. The fourth-order valence-corrected chi connectivity index (χ4v) is 1.65. The van der Waals surface area contributed by atoms with Gasteiger partial charge in [-0.2, -0.15) is 0 Å². The molecule has 0 saturated carbocycles. The van der Waals surface area contributed by atoms with E-state index >= 15 is 0 Å². The van der Waals surface area contributed by atoms with Gasteiger partial charge in [0.2, 0.25) is 0 Å². The number of benzene rings is 1. The van der Waals surface area contributed by atoms with Crippen molar-refractivity contribution in [2.75, 3.05) is 29.1 Å². The first-order valence-corrected chi connectivity index (χ1v) is 5.80. The van der Waals surface area contributed by atoms with Gasteiger partial charge in [-0.15, -0.1) is 18.2 Å². The number of halogens is 2. The molecule has 0 atom stereocenters. The van der Waals surface area contributed by atoms with Gasteiger partial charge in [0.15, 0.2) is 11.6 Å². The van der Waals surface area contributed by atoms with Crippen molar-refractivity contribution < 1.29 is 8.78 Å². The molecule has 0 spiro atoms. The number of terminal acetylenes is 1. The normalized spacial score (nSPS) is 9.81. The predicted octanol–water partition coefficient (Wildman–Crippen LogP) is 2.33. The molecule has 0 bridgehead atoms. The van der Waals surface area contributed by atoms with Crippen molar-refractivity contribution in [1.29, 1.82) is 0 Å². The van der Waals surface area contributed by atoms with E-state index in [2.05, 4.69) is 11.2 Å². The zero-order chi connectivity index (χ0) is 12.0. The van der Waals surface area contributed by atoms with E-state index in [1.807, 2.05) is 0 Å². The number of nitrogens with one attached hydrogen (secondary N) is 1. The third-order valence-corrected chi connectivity index (χ3v) is 2.66. The lowest BCUT2D eigenvalue weighted by Gasteiger charge is -2.08. The van der Waals surface area contributed by atoms with Gasteiger partial charge in [-0.3, -0.25) is 0 Å². The summed E-state index contributed by atoms with van der Waals surface area (Å²) in [5.41, 5.74) is 5.22. The molecular formula is C11H12F2N2S. The molecule has 16 heavy (non-hydrogen) atoms. The van der Waals surface area contributed by atoms with E-state index in [1.54, 1.807) is 0 Å². The summed E-state index contributed by atoms with van der Waals surface area (Å²) in [6.07, 6.45) is 5.06. The molecule has 0 radical (unpaired) electrons. The second-order valence-corrected chi connectivity index (χ2v) is 4.15. The molecule has 3 N–H and O–H groups in total. The molecular weight excluding hydrogens is 230 g/mol. The van der Waals surface area contributed by atoms with Crippen LogP contribution in [0.2, 0.25) is 0 Å². The van der Waals surface area contributed by atoms with Crippen LogP contribution in [0.1, 0.15) is 0 Å². The van der Waals surface area contributed by atoms with Crippen molar-refractivity contribution in [1.82, 2.24) is 0 Å². The number of nitrogen functional groups attached to an aromatic ring is 1. The Hall–Kier alpha value is -1.41. The van der Waals surface area contributed by atoms with E-state index < -0.39 is 11.6 Å². The van der Waals surface area contributed by atoms with Crippen LogP contribution in [0.25, 0.3) is 0 Å². The van der Waals surface area contributed by atoms with Crippen molar-refractivity contribution in [3.05, 3.63) is 23.8 Å². The average molecular weight is 242 g/mol. The number of nitrogens with two attached hydrogens (primary N) is 1. The summed E-state index contributed by atoms with van der Waals surface area (Å²) in [6, 6.07) is 2.17. The maximum Gasteiger partial charge on any atom is 0.151 e. The van der Waals surface area contributed by atoms with Crippen molar-refractivity contribution in [3.63, 3.8) is 0 Å². The third kappa shape index (κ3) is 3.63. The van der Waals surface area contributed by atoms with Gasteiger partial charge in [-0.1, -0.05) is 5.92 Å². The number of hydrogen-bond donors (Lipinski definition) is 2. The van der Waals surface area contributed by atoms with Crippen molar-refractivity contribution in [2.45, 2.75) is 0 Å². The molecule has 0 fully saturated rings. The molecule has 0 heterocycles. The first kappa shape index (κ1) is 12.7. The molecule has 2 nitrogen and oxygen atoms in total. The Morgan fingerprint density at radius 3 is 2.56 bits per heavy atom. The smallest absolute Gasteiger partial charge is 0.151 e. The van der Waals surface area contributed by atoms with Crippen molar-refractivity contribution >= 4 is 23.1 Å². The highest BCUT2D eigenvalue weighted by atomic mass is 32.2. The fraction of sp³-hybridized carbons (Fsp3) is 0.273. The van der Waals surface area contributed by atoms with Crippen LogP contribution < -0.4 is 11.1 Å². The van der Waals surface area contributed by atoms with Crippen LogP contribution in [0.4, 0.5) is 20.2 Å². The van der Waals surface area contributed by atoms with Crippen LogP contribution in [-0.2, 0) is 0 Å². The molecule has 1 aromatic rings. The van der Waals surface area contributed by atoms with Crippen LogP contribution in [0, 0.1) is 24.0 Å². The topological polar surface area (TPSA) is 38.0 Å². The Morgan fingerprint density at radius 2 is 2.00 bits per heavy atom. The molecule has 5 heteroatoms. The quantitative estimate of drug-likeness (QED) is 0.473. The molecule has 0 aliphatic heterocycles. The summed E-state index contributed by atoms with van der Waals surface area (Å²) < 4.78 is 26.5. The zero-order valence-electron chi connectivity index (χ0n) is 8.59. The van der Waals surface area contributed by atoms with Crippen molar-refractivity contribution in [2.24, 2.45) is 0 Å². The molecule has 0 aliphatic carbocycles. The summed E-state index contributed by atoms with van der Waals surface area (Å²) >= 11 is 1.52. The number of thioether (sulfide) groups is 1. The lowest BCUT2D eigenvalue weighted by molar-refractivity contribution is 0.590. The van der Waals surface area contributed by atoms with Crippen LogP contribution in [0.15, 0.2) is 12.1 Å². The van der Waals surface area contributed by atoms with Crippen LogP contribution in [0.3, 0.4) is 0 Å². The summed E-state index contributed by atoms with van der Waals surface area (Å²) in [7, 11) is 0. The van der Waals surface area contributed by atoms with E-state index in [-0.39, 0.29) is 11.4 Å². The Bertz CT molecular complexity index is 378. The largest absolute Gasteiger partial charge is 0.399 e. The van der Waals surface area contributed by atoms with E-state index in [0.717, 1.165) is 12.1 Å². The van der Waals surface area contributed by atoms with Crippen LogP contribution in [-0.4, -0.2) is 18.1 Å². The summed E-state index contributed by atoms with van der Waals surface area (Å²) in [5.74, 6) is 2.38. The maximum absolute atomic E-state index is 13.3. The SMILES string of the molecule is C#CCSCCNc1c(F)cc(N)cc1F. The lowest BCUT2D eigenvalue weighted by Crippen LogP contribution is -2.08. The lowest BCUT2D eigenvalue weighted by atomic mass is 10.2. The fourth-order valence-electron chi connectivity index (χ4n) is 1.14. The maximum atomic E-state index is 13.3. The predicted molar refractivity (Wildman–Crippen MR) is 65.4 cm³/mol. The van der Waals surface area contributed by atoms with Gasteiger partial charge in [0.1, 0.15) is 5.69 Å². The Kier molecular flexibility index (Phi) is 4.93. The Labute approximate surface area is 97.6 Å². The van der Waals surface area contributed by atoms with E-state index in [1.165, 1.54) is 11.8 Å². The van der Waals surface area contributed by atoms with Gasteiger partial charge in [-0.05, 0) is 12.1 Å². The standard InChI is InChI=1S/C11H12F2N2S/c1-2-4-16-5-3-15-11-9(12)6-8(14)7-10(11)13/h1,6-7,15H,3-5,14H2. The van der Waals surface area contributed by atoms with Gasteiger partial charge in [-0.25, -0.2) is 8.78 Å². The Morgan fingerprint density at radius 1 is 1.38 bits per heavy atom. The zero-order valence-corrected chi connectivity index (χ0v) is 9.41. The monoisotopic (exact) mass is 242 g/mol. The third-order valence-electron chi connectivity index (χ3n) is 1.80. The Balaban J connectivity index is 2.51. The van der Waals surface area contributed by atoms with E-state index in [9.17, 15) is 8.78 Å². The summed E-state index contributed by atoms with van der Waals surface area (Å²) in [5, 5.41) is 2.67. The van der Waals surface area contributed by atoms with Crippen LogP contribution >= 0.6 is 11.8 Å². The van der Waals surface area contributed by atoms with Gasteiger partial charge < -0.3 is 11.1 Å². The second kappa shape index (κ2) is 6.23. The molecule has 0 unspecified atom stereocenters. The minimum absolute atomic E-state index is 0.0715. The van der Waals surface area contributed by atoms with E-state index in [0.29, 0.717) is 18.1 Å². The van der Waals surface area contributed by atoms with Gasteiger partial charge in [0.25, 0.3) is 0 Å². The highest BCUT2D eigenvalue weighted by molar-refractivity contribution is 7.99. The minimum Gasteiger partial charge on any atom is -0.399 e. The molecule has 0 aromatic heterocycles. The minimum atomic E-state index is -0.681. The van der Waals surface area contributed by atoms with Crippen LogP contribution in [0.5, 0.6) is 0 Å². The van der Waals surface area contributed by atoms with Gasteiger partial charge in [0, 0.05) is 18.0 Å². The summed E-state index contributed by atoms with van der Waals surface area (Å²) in [4.78, 5) is 0. The molecule has 1 rings (SSSR count). The number of rotatable bonds is 5. The van der Waals surface area contributed by atoms with Gasteiger partial charge in [0.05, 0.1) is 5.75 Å². The first-order valence-electron chi connectivity index (χ1n) is 4.64. The number of hydrogen-bond acceptors (Lipinski definition) is 3.